The third kappa shape index (κ3) is 5.21. The first-order valence-electron chi connectivity index (χ1n) is 18.9. The quantitative estimate of drug-likeness (QED) is 0.172. The van der Waals surface area contributed by atoms with Crippen molar-refractivity contribution >= 4 is 43.6 Å². The van der Waals surface area contributed by atoms with Crippen LogP contribution in [0.5, 0.6) is 0 Å². The van der Waals surface area contributed by atoms with Gasteiger partial charge in [0, 0.05) is 38.4 Å². The van der Waals surface area contributed by atoms with Crippen LogP contribution in [0.2, 0.25) is 0 Å². The van der Waals surface area contributed by atoms with Crippen molar-refractivity contribution in [3.63, 3.8) is 0 Å². The van der Waals surface area contributed by atoms with Crippen molar-refractivity contribution < 1.29 is 0 Å². The van der Waals surface area contributed by atoms with Gasteiger partial charge in [-0.3, -0.25) is 4.57 Å². The fraction of sp³-hybridized carbons (Fsp3) is 0. The van der Waals surface area contributed by atoms with Crippen molar-refractivity contribution in [3.05, 3.63) is 200 Å². The van der Waals surface area contributed by atoms with Gasteiger partial charge in [0.25, 0.3) is 0 Å². The zero-order valence-corrected chi connectivity index (χ0v) is 30.3. The molecule has 0 bridgehead atoms. The minimum absolute atomic E-state index is 0.565. The lowest BCUT2D eigenvalue weighted by Crippen LogP contribution is -2.06. The predicted octanol–water partition coefficient (Wildman–Crippen LogP) is 12.7. The predicted molar refractivity (Wildman–Crippen MR) is 230 cm³/mol. The van der Waals surface area contributed by atoms with E-state index < -0.39 is 0 Å². The van der Waals surface area contributed by atoms with Crippen LogP contribution < -0.4 is 0 Å². The van der Waals surface area contributed by atoms with Crippen molar-refractivity contribution in [1.82, 2.24) is 24.1 Å². The van der Waals surface area contributed by atoms with E-state index in [0.717, 1.165) is 77.3 Å². The maximum atomic E-state index is 5.43. The normalized spacial score (nSPS) is 11.6. The Balaban J connectivity index is 1.25. The lowest BCUT2D eigenvalue weighted by molar-refractivity contribution is 0.955. The molecule has 0 aliphatic carbocycles. The van der Waals surface area contributed by atoms with Gasteiger partial charge in [0.1, 0.15) is 0 Å². The molecule has 0 fully saturated rings. The van der Waals surface area contributed by atoms with Crippen LogP contribution in [0.1, 0.15) is 0 Å². The highest BCUT2D eigenvalue weighted by atomic mass is 15.2. The number of hydrogen-bond donors (Lipinski definition) is 0. The first-order chi connectivity index (χ1) is 27.8. The Hall–Kier alpha value is -7.63. The monoisotopic (exact) mass is 715 g/mol. The van der Waals surface area contributed by atoms with Gasteiger partial charge in [-0.05, 0) is 70.8 Å². The molecular formula is C51H33N5. The number of fused-ring (bicyclic) bond motifs is 7. The number of benzene rings is 8. The minimum Gasteiger partial charge on any atom is -0.309 e. The number of rotatable bonds is 6. The highest BCUT2D eigenvalue weighted by molar-refractivity contribution is 6.26. The van der Waals surface area contributed by atoms with E-state index in [1.807, 2.05) is 18.2 Å². The molecule has 0 N–H and O–H groups in total. The summed E-state index contributed by atoms with van der Waals surface area (Å²) in [5.74, 6) is 1.78. The van der Waals surface area contributed by atoms with Gasteiger partial charge in [-0.25, -0.2) is 4.98 Å². The summed E-state index contributed by atoms with van der Waals surface area (Å²) in [6.07, 6.45) is 0. The molecule has 11 aromatic rings. The molecule has 262 valence electrons. The van der Waals surface area contributed by atoms with E-state index in [4.69, 9.17) is 15.0 Å². The van der Waals surface area contributed by atoms with Crippen molar-refractivity contribution in [1.29, 1.82) is 0 Å². The molecule has 3 aromatic heterocycles. The Bertz CT molecular complexity index is 3160. The molecule has 0 saturated heterocycles. The number of aromatic nitrogens is 5. The fourth-order valence-corrected chi connectivity index (χ4v) is 8.23. The fourth-order valence-electron chi connectivity index (χ4n) is 8.23. The lowest BCUT2D eigenvalue weighted by atomic mass is 9.96. The molecule has 0 saturated carbocycles. The molecule has 8 aromatic carbocycles. The van der Waals surface area contributed by atoms with E-state index in [0.29, 0.717) is 17.6 Å². The van der Waals surface area contributed by atoms with Crippen molar-refractivity contribution in [2.24, 2.45) is 0 Å². The number of nitrogens with zero attached hydrogens (tertiary/aromatic N) is 5. The molecule has 0 atom stereocenters. The van der Waals surface area contributed by atoms with Gasteiger partial charge in [0.15, 0.2) is 11.6 Å². The van der Waals surface area contributed by atoms with Crippen molar-refractivity contribution in [2.45, 2.75) is 0 Å². The molecule has 0 unspecified atom stereocenters. The van der Waals surface area contributed by atoms with Crippen molar-refractivity contribution in [3.8, 4) is 56.7 Å². The van der Waals surface area contributed by atoms with Crippen LogP contribution in [0, 0.1) is 0 Å². The molecule has 11 rings (SSSR count). The average Bonchev–Trinajstić information content (AvgIpc) is 3.80. The van der Waals surface area contributed by atoms with Crippen LogP contribution in [0.4, 0.5) is 0 Å². The van der Waals surface area contributed by atoms with Gasteiger partial charge in [0.2, 0.25) is 5.95 Å². The van der Waals surface area contributed by atoms with Gasteiger partial charge in [0.05, 0.1) is 22.1 Å². The van der Waals surface area contributed by atoms with E-state index in [-0.39, 0.29) is 0 Å². The third-order valence-electron chi connectivity index (χ3n) is 10.7. The zero-order valence-electron chi connectivity index (χ0n) is 30.3. The lowest BCUT2D eigenvalue weighted by Gasteiger charge is -2.14. The summed E-state index contributed by atoms with van der Waals surface area (Å²) in [7, 11) is 0. The zero-order chi connectivity index (χ0) is 37.0. The summed E-state index contributed by atoms with van der Waals surface area (Å²) in [5, 5.41) is 4.60. The van der Waals surface area contributed by atoms with Crippen LogP contribution in [0.15, 0.2) is 200 Å². The van der Waals surface area contributed by atoms with Crippen LogP contribution in [-0.2, 0) is 0 Å². The molecule has 5 nitrogen and oxygen atoms in total. The molecule has 0 spiro atoms. The summed E-state index contributed by atoms with van der Waals surface area (Å²) in [6, 6.07) is 70.3. The number of hydrogen-bond acceptors (Lipinski definition) is 3. The topological polar surface area (TPSA) is 48.5 Å². The highest BCUT2D eigenvalue weighted by Crippen LogP contribution is 2.42. The number of para-hydroxylation sites is 3. The van der Waals surface area contributed by atoms with Gasteiger partial charge >= 0.3 is 0 Å². The van der Waals surface area contributed by atoms with Gasteiger partial charge < -0.3 is 4.57 Å². The van der Waals surface area contributed by atoms with Gasteiger partial charge in [-0.15, -0.1) is 0 Å². The maximum Gasteiger partial charge on any atom is 0.238 e. The Kier molecular flexibility index (Phi) is 7.42. The summed E-state index contributed by atoms with van der Waals surface area (Å²) in [6.45, 7) is 0. The molecule has 0 aliphatic heterocycles. The van der Waals surface area contributed by atoms with Gasteiger partial charge in [-0.2, -0.15) is 9.97 Å². The van der Waals surface area contributed by atoms with Gasteiger partial charge in [-0.1, -0.05) is 152 Å². The Labute approximate surface area is 323 Å². The van der Waals surface area contributed by atoms with Crippen LogP contribution >= 0.6 is 0 Å². The molecule has 0 amide bonds. The third-order valence-corrected chi connectivity index (χ3v) is 10.7. The first kappa shape index (κ1) is 31.9. The minimum atomic E-state index is 0.565. The largest absolute Gasteiger partial charge is 0.309 e. The molecule has 56 heavy (non-hydrogen) atoms. The second-order valence-electron chi connectivity index (χ2n) is 14.1. The Morgan fingerprint density at radius 2 is 0.786 bits per heavy atom. The molecule has 3 heterocycles. The molecular weight excluding hydrogens is 683 g/mol. The SMILES string of the molecule is c1ccc(-c2cc(-c3ccccc3)cc(-c3nc(-c4ccccc4)nc(-n4c5ccccc5c5ccc6c(c7ccccc7n6-c6ccccc6)c54)n3)c2)cc1. The average molecular weight is 716 g/mol. The first-order valence-corrected chi connectivity index (χ1v) is 18.9. The van der Waals surface area contributed by atoms with Crippen LogP contribution in [0.3, 0.4) is 0 Å². The van der Waals surface area contributed by atoms with E-state index >= 15 is 0 Å². The molecule has 5 heteroatoms. The molecule has 0 radical (unpaired) electrons. The molecule has 0 aliphatic rings. The van der Waals surface area contributed by atoms with Crippen LogP contribution in [0.25, 0.3) is 100 Å². The summed E-state index contributed by atoms with van der Waals surface area (Å²) in [4.78, 5) is 16.0. The standard InChI is InChI=1S/C51H33N5/c1-5-17-34(18-6-1)37-31-38(35-19-7-2-8-20-35)33-39(32-37)50-52-49(36-21-9-3-10-22-36)53-51(54-50)56-44-27-15-13-25-41(44)42-29-30-46-47(48(42)56)43-26-14-16-28-45(43)55(46)40-23-11-4-12-24-40/h1-33H. The summed E-state index contributed by atoms with van der Waals surface area (Å²) < 4.78 is 4.62. The van der Waals surface area contributed by atoms with E-state index in [9.17, 15) is 0 Å². The van der Waals surface area contributed by atoms with E-state index in [1.54, 1.807) is 0 Å². The maximum absolute atomic E-state index is 5.43. The second kappa shape index (κ2) is 13.0. The Morgan fingerprint density at radius 1 is 0.304 bits per heavy atom. The second-order valence-corrected chi connectivity index (χ2v) is 14.1. The van der Waals surface area contributed by atoms with E-state index in [1.165, 1.54) is 5.39 Å². The van der Waals surface area contributed by atoms with Crippen LogP contribution in [-0.4, -0.2) is 24.1 Å². The van der Waals surface area contributed by atoms with E-state index in [2.05, 4.69) is 191 Å². The smallest absolute Gasteiger partial charge is 0.238 e. The summed E-state index contributed by atoms with van der Waals surface area (Å²) >= 11 is 0. The summed E-state index contributed by atoms with van der Waals surface area (Å²) in [5.41, 5.74) is 11.8. The van der Waals surface area contributed by atoms with Crippen molar-refractivity contribution in [2.75, 3.05) is 0 Å². The highest BCUT2D eigenvalue weighted by Gasteiger charge is 2.23. The Morgan fingerprint density at radius 3 is 1.41 bits per heavy atom.